The lowest BCUT2D eigenvalue weighted by molar-refractivity contribution is -0.141. The number of halogens is 4. The number of ether oxygens (including phenoxy) is 2. The van der Waals surface area contributed by atoms with Gasteiger partial charge in [0, 0.05) is 18.7 Å². The SMILES string of the molecule is Cc1c(Cl)c(C(F)(F)F)nn1CCCNC(=O)c1ccc2c(c1)OCO2. The molecular weight excluding hydrogens is 375 g/mol. The Hall–Kier alpha value is -2.42. The molecule has 0 aliphatic carbocycles. The maximum absolute atomic E-state index is 12.8. The number of aromatic nitrogens is 2. The first-order chi connectivity index (χ1) is 12.3. The third kappa shape index (κ3) is 3.72. The number of rotatable bonds is 5. The fraction of sp³-hybridized carbons (Fsp3) is 0.375. The maximum Gasteiger partial charge on any atom is 0.436 e. The molecule has 2 heterocycles. The van der Waals surface area contributed by atoms with Gasteiger partial charge in [-0.05, 0) is 31.5 Å². The Labute approximate surface area is 151 Å². The summed E-state index contributed by atoms with van der Waals surface area (Å²) in [7, 11) is 0. The van der Waals surface area contributed by atoms with Crippen molar-refractivity contribution in [2.45, 2.75) is 26.1 Å². The van der Waals surface area contributed by atoms with Crippen LogP contribution in [-0.4, -0.2) is 29.0 Å². The number of aryl methyl sites for hydroxylation is 1. The van der Waals surface area contributed by atoms with Gasteiger partial charge in [0.1, 0.15) is 0 Å². The molecule has 0 unspecified atom stereocenters. The lowest BCUT2D eigenvalue weighted by Crippen LogP contribution is -2.25. The van der Waals surface area contributed by atoms with Gasteiger partial charge in [0.25, 0.3) is 5.91 Å². The van der Waals surface area contributed by atoms with E-state index in [1.165, 1.54) is 11.6 Å². The second-order valence-corrected chi connectivity index (χ2v) is 6.02. The molecule has 0 bridgehead atoms. The number of carbonyl (C=O) groups excluding carboxylic acids is 1. The third-order valence-electron chi connectivity index (χ3n) is 3.87. The van der Waals surface area contributed by atoms with E-state index >= 15 is 0 Å². The minimum Gasteiger partial charge on any atom is -0.454 e. The standard InChI is InChI=1S/C16H15ClF3N3O3/c1-9-13(17)14(16(18,19)20)22-23(9)6-2-5-21-15(24)10-3-4-11-12(7-10)26-8-25-11/h3-4,7H,2,5-6,8H2,1H3,(H,21,24). The van der Waals surface area contributed by atoms with Gasteiger partial charge in [-0.1, -0.05) is 11.6 Å². The van der Waals surface area contributed by atoms with Gasteiger partial charge in [0.2, 0.25) is 6.79 Å². The van der Waals surface area contributed by atoms with Crippen molar-refractivity contribution in [1.82, 2.24) is 15.1 Å². The van der Waals surface area contributed by atoms with E-state index in [-0.39, 0.29) is 31.5 Å². The molecule has 26 heavy (non-hydrogen) atoms. The molecule has 0 spiro atoms. The van der Waals surface area contributed by atoms with Crippen molar-refractivity contribution in [2.24, 2.45) is 0 Å². The number of hydrogen-bond acceptors (Lipinski definition) is 4. The molecule has 1 aliphatic heterocycles. The number of nitrogens with one attached hydrogen (secondary N) is 1. The van der Waals surface area contributed by atoms with E-state index in [2.05, 4.69) is 10.4 Å². The molecule has 0 atom stereocenters. The fourth-order valence-electron chi connectivity index (χ4n) is 2.49. The van der Waals surface area contributed by atoms with E-state index < -0.39 is 16.9 Å². The quantitative estimate of drug-likeness (QED) is 0.796. The Morgan fingerprint density at radius 1 is 1.35 bits per heavy atom. The number of fused-ring (bicyclic) bond motifs is 1. The zero-order chi connectivity index (χ0) is 18.9. The molecule has 10 heteroatoms. The molecule has 1 N–H and O–H groups in total. The first-order valence-corrected chi connectivity index (χ1v) is 8.13. The van der Waals surface area contributed by atoms with Crippen LogP contribution < -0.4 is 14.8 Å². The van der Waals surface area contributed by atoms with E-state index in [1.54, 1.807) is 18.2 Å². The molecule has 1 amide bonds. The largest absolute Gasteiger partial charge is 0.454 e. The Bertz CT molecular complexity index is 836. The maximum atomic E-state index is 12.8. The fourth-order valence-corrected chi connectivity index (χ4v) is 2.74. The van der Waals surface area contributed by atoms with E-state index in [9.17, 15) is 18.0 Å². The topological polar surface area (TPSA) is 65.4 Å². The lowest BCUT2D eigenvalue weighted by atomic mass is 10.2. The third-order valence-corrected chi connectivity index (χ3v) is 4.32. The average Bonchev–Trinajstić information content (AvgIpc) is 3.16. The van der Waals surface area contributed by atoms with Crippen LogP contribution in [0.5, 0.6) is 11.5 Å². The first-order valence-electron chi connectivity index (χ1n) is 7.75. The van der Waals surface area contributed by atoms with Crippen LogP contribution in [0.1, 0.15) is 28.2 Å². The molecular formula is C16H15ClF3N3O3. The van der Waals surface area contributed by atoms with Crippen molar-refractivity contribution in [1.29, 1.82) is 0 Å². The van der Waals surface area contributed by atoms with Gasteiger partial charge in [-0.25, -0.2) is 0 Å². The molecule has 0 saturated carbocycles. The van der Waals surface area contributed by atoms with Gasteiger partial charge < -0.3 is 14.8 Å². The summed E-state index contributed by atoms with van der Waals surface area (Å²) < 4.78 is 49.9. The van der Waals surface area contributed by atoms with Gasteiger partial charge in [-0.15, -0.1) is 0 Å². The molecule has 3 rings (SSSR count). The van der Waals surface area contributed by atoms with Crippen LogP contribution >= 0.6 is 11.6 Å². The van der Waals surface area contributed by atoms with Crippen molar-refractivity contribution >= 4 is 17.5 Å². The number of carbonyl (C=O) groups is 1. The highest BCUT2D eigenvalue weighted by atomic mass is 35.5. The van der Waals surface area contributed by atoms with E-state index in [0.717, 1.165) is 0 Å². The monoisotopic (exact) mass is 389 g/mol. The van der Waals surface area contributed by atoms with Gasteiger partial charge in [0.05, 0.1) is 10.7 Å². The summed E-state index contributed by atoms with van der Waals surface area (Å²) in [5.41, 5.74) is -0.450. The summed E-state index contributed by atoms with van der Waals surface area (Å²) in [6.07, 6.45) is -4.20. The van der Waals surface area contributed by atoms with Crippen LogP contribution in [0.3, 0.4) is 0 Å². The molecule has 0 saturated heterocycles. The summed E-state index contributed by atoms with van der Waals surface area (Å²) >= 11 is 5.69. The Morgan fingerprint density at radius 2 is 2.08 bits per heavy atom. The van der Waals surface area contributed by atoms with Crippen molar-refractivity contribution in [2.75, 3.05) is 13.3 Å². The van der Waals surface area contributed by atoms with Crippen LogP contribution in [-0.2, 0) is 12.7 Å². The van der Waals surface area contributed by atoms with E-state index in [0.29, 0.717) is 23.5 Å². The van der Waals surface area contributed by atoms with Crippen LogP contribution in [0, 0.1) is 6.92 Å². The van der Waals surface area contributed by atoms with Gasteiger partial charge in [-0.3, -0.25) is 9.48 Å². The van der Waals surface area contributed by atoms with Crippen molar-refractivity contribution < 1.29 is 27.4 Å². The highest BCUT2D eigenvalue weighted by molar-refractivity contribution is 6.31. The highest BCUT2D eigenvalue weighted by Gasteiger charge is 2.38. The molecule has 0 radical (unpaired) electrons. The Balaban J connectivity index is 1.54. The highest BCUT2D eigenvalue weighted by Crippen LogP contribution is 2.35. The van der Waals surface area contributed by atoms with E-state index in [1.807, 2.05) is 0 Å². The van der Waals surface area contributed by atoms with Gasteiger partial charge >= 0.3 is 6.18 Å². The smallest absolute Gasteiger partial charge is 0.436 e. The molecule has 6 nitrogen and oxygen atoms in total. The summed E-state index contributed by atoms with van der Waals surface area (Å²) in [5, 5.41) is 5.81. The molecule has 140 valence electrons. The number of hydrogen-bond donors (Lipinski definition) is 1. The Kier molecular flexibility index (Phi) is 4.99. The molecule has 2 aromatic rings. The van der Waals surface area contributed by atoms with Crippen molar-refractivity contribution in [3.63, 3.8) is 0 Å². The molecule has 0 fully saturated rings. The molecule has 1 aromatic carbocycles. The number of nitrogens with zero attached hydrogens (tertiary/aromatic N) is 2. The summed E-state index contributed by atoms with van der Waals surface area (Å²) in [5.74, 6) is 0.765. The second kappa shape index (κ2) is 7.06. The zero-order valence-electron chi connectivity index (χ0n) is 13.7. The van der Waals surface area contributed by atoms with Crippen LogP contribution in [0.15, 0.2) is 18.2 Å². The van der Waals surface area contributed by atoms with Crippen molar-refractivity contribution in [3.05, 3.63) is 40.2 Å². The zero-order valence-corrected chi connectivity index (χ0v) is 14.4. The van der Waals surface area contributed by atoms with Crippen LogP contribution in [0.2, 0.25) is 5.02 Å². The minimum atomic E-state index is -4.60. The number of amides is 1. The first kappa shape index (κ1) is 18.4. The predicted octanol–water partition coefficient (Wildman–Crippen LogP) is 3.41. The lowest BCUT2D eigenvalue weighted by Gasteiger charge is -2.07. The number of alkyl halides is 3. The average molecular weight is 390 g/mol. The van der Waals surface area contributed by atoms with Crippen LogP contribution in [0.4, 0.5) is 13.2 Å². The Morgan fingerprint density at radius 3 is 2.77 bits per heavy atom. The van der Waals surface area contributed by atoms with E-state index in [4.69, 9.17) is 21.1 Å². The summed E-state index contributed by atoms with van der Waals surface area (Å²) in [6.45, 7) is 2.05. The molecule has 1 aliphatic rings. The normalized spacial score (nSPS) is 13.1. The summed E-state index contributed by atoms with van der Waals surface area (Å²) in [6, 6.07) is 4.82. The van der Waals surface area contributed by atoms with Crippen molar-refractivity contribution in [3.8, 4) is 11.5 Å². The number of benzene rings is 1. The summed E-state index contributed by atoms with van der Waals surface area (Å²) in [4.78, 5) is 12.1. The molecule has 1 aromatic heterocycles. The van der Waals surface area contributed by atoms with Crippen LogP contribution in [0.25, 0.3) is 0 Å². The minimum absolute atomic E-state index is 0.117. The second-order valence-electron chi connectivity index (χ2n) is 5.65. The predicted molar refractivity (Wildman–Crippen MR) is 86.5 cm³/mol. The van der Waals surface area contributed by atoms with Gasteiger partial charge in [-0.2, -0.15) is 18.3 Å². The van der Waals surface area contributed by atoms with Gasteiger partial charge in [0.15, 0.2) is 17.2 Å².